The zero-order chi connectivity index (χ0) is 9.97. The monoisotopic (exact) mass is 196 g/mol. The smallest absolute Gasteiger partial charge is 0.0250 e. The topological polar surface area (TPSA) is 15.3 Å². The number of nitrogens with zero attached hydrogens (tertiary/aromatic N) is 1. The number of rotatable bonds is 2. The Morgan fingerprint density at radius 1 is 1.29 bits per heavy atom. The molecule has 0 aromatic heterocycles. The Labute approximate surface area is 88.1 Å². The fourth-order valence-corrected chi connectivity index (χ4v) is 3.04. The first-order valence-corrected chi connectivity index (χ1v) is 6.25. The van der Waals surface area contributed by atoms with E-state index in [-0.39, 0.29) is 0 Å². The quantitative estimate of drug-likeness (QED) is 0.725. The summed E-state index contributed by atoms with van der Waals surface area (Å²) in [6.07, 6.45) is 5.70. The fourth-order valence-electron chi connectivity index (χ4n) is 3.04. The maximum absolute atomic E-state index is 3.68. The van der Waals surface area contributed by atoms with Crippen LogP contribution in [0, 0.1) is 5.92 Å². The molecule has 0 radical (unpaired) electrons. The van der Waals surface area contributed by atoms with Gasteiger partial charge in [0.25, 0.3) is 0 Å². The van der Waals surface area contributed by atoms with Crippen LogP contribution in [0.4, 0.5) is 0 Å². The van der Waals surface area contributed by atoms with Gasteiger partial charge < -0.3 is 5.32 Å². The highest BCUT2D eigenvalue weighted by Crippen LogP contribution is 2.25. The summed E-state index contributed by atoms with van der Waals surface area (Å²) in [5, 5.41) is 3.68. The van der Waals surface area contributed by atoms with Crippen molar-refractivity contribution in [3.8, 4) is 0 Å². The lowest BCUT2D eigenvalue weighted by Crippen LogP contribution is -2.59. The van der Waals surface area contributed by atoms with Crippen LogP contribution in [-0.2, 0) is 0 Å². The van der Waals surface area contributed by atoms with Crippen LogP contribution >= 0.6 is 0 Å². The molecule has 14 heavy (non-hydrogen) atoms. The molecule has 2 heteroatoms. The molecule has 0 unspecified atom stereocenters. The molecule has 2 nitrogen and oxygen atoms in total. The third kappa shape index (κ3) is 2.29. The summed E-state index contributed by atoms with van der Waals surface area (Å²) >= 11 is 0. The van der Waals surface area contributed by atoms with E-state index in [1.807, 2.05) is 0 Å². The van der Waals surface area contributed by atoms with Gasteiger partial charge in [0.2, 0.25) is 0 Å². The average Bonchev–Trinajstić information content (AvgIpc) is 2.18. The Hall–Kier alpha value is -0.0800. The van der Waals surface area contributed by atoms with Gasteiger partial charge >= 0.3 is 0 Å². The first-order chi connectivity index (χ1) is 6.77. The van der Waals surface area contributed by atoms with Crippen molar-refractivity contribution in [2.45, 2.75) is 51.6 Å². The van der Waals surface area contributed by atoms with E-state index in [1.54, 1.807) is 0 Å². The second-order valence-corrected chi connectivity index (χ2v) is 5.30. The third-order valence-electron chi connectivity index (χ3n) is 3.60. The maximum atomic E-state index is 3.68. The molecule has 2 aliphatic rings. The standard InChI is InChI=1S/C12H24N2/c1-10(2)9-14-8-7-13-11-5-3-4-6-12(11)14/h10-13H,3-9H2,1-2H3/t11-,12-/m0/s1. The summed E-state index contributed by atoms with van der Waals surface area (Å²) in [5.41, 5.74) is 0. The van der Waals surface area contributed by atoms with E-state index in [9.17, 15) is 0 Å². The van der Waals surface area contributed by atoms with Gasteiger partial charge in [-0.25, -0.2) is 0 Å². The fraction of sp³-hybridized carbons (Fsp3) is 1.00. The van der Waals surface area contributed by atoms with Crippen LogP contribution in [0.3, 0.4) is 0 Å². The number of piperazine rings is 1. The van der Waals surface area contributed by atoms with Gasteiger partial charge in [-0.3, -0.25) is 4.90 Å². The van der Waals surface area contributed by atoms with E-state index in [4.69, 9.17) is 0 Å². The third-order valence-corrected chi connectivity index (χ3v) is 3.60. The predicted octanol–water partition coefficient (Wildman–Crippen LogP) is 1.86. The van der Waals surface area contributed by atoms with E-state index >= 15 is 0 Å². The Kier molecular flexibility index (Phi) is 3.45. The highest BCUT2D eigenvalue weighted by Gasteiger charge is 2.32. The first kappa shape index (κ1) is 10.4. The zero-order valence-corrected chi connectivity index (χ0v) is 9.63. The second kappa shape index (κ2) is 4.63. The molecule has 2 rings (SSSR count). The average molecular weight is 196 g/mol. The minimum absolute atomic E-state index is 0.802. The van der Waals surface area contributed by atoms with Crippen molar-refractivity contribution < 1.29 is 0 Å². The van der Waals surface area contributed by atoms with Crippen LogP contribution in [0.15, 0.2) is 0 Å². The van der Waals surface area contributed by atoms with Crippen molar-refractivity contribution in [2.24, 2.45) is 5.92 Å². The van der Waals surface area contributed by atoms with Crippen LogP contribution in [0.2, 0.25) is 0 Å². The lowest BCUT2D eigenvalue weighted by molar-refractivity contribution is 0.0776. The Bertz CT molecular complexity index is 177. The first-order valence-electron chi connectivity index (χ1n) is 6.25. The molecular formula is C12H24N2. The van der Waals surface area contributed by atoms with Gasteiger partial charge in [0, 0.05) is 31.7 Å². The Morgan fingerprint density at radius 3 is 2.86 bits per heavy atom. The summed E-state index contributed by atoms with van der Waals surface area (Å²) in [4.78, 5) is 2.73. The van der Waals surface area contributed by atoms with Crippen molar-refractivity contribution >= 4 is 0 Å². The highest BCUT2D eigenvalue weighted by atomic mass is 15.2. The van der Waals surface area contributed by atoms with Gasteiger partial charge in [0.15, 0.2) is 0 Å². The molecule has 0 aromatic carbocycles. The van der Waals surface area contributed by atoms with E-state index in [1.165, 1.54) is 45.3 Å². The van der Waals surface area contributed by atoms with Crippen molar-refractivity contribution in [1.82, 2.24) is 10.2 Å². The largest absolute Gasteiger partial charge is 0.311 e. The molecule has 82 valence electrons. The molecule has 2 fully saturated rings. The van der Waals surface area contributed by atoms with Crippen LogP contribution in [0.1, 0.15) is 39.5 Å². The van der Waals surface area contributed by atoms with Crippen molar-refractivity contribution in [1.29, 1.82) is 0 Å². The SMILES string of the molecule is CC(C)CN1CCN[C@H]2CCCC[C@@H]21. The molecule has 0 aromatic rings. The lowest BCUT2D eigenvalue weighted by atomic mass is 9.87. The van der Waals surface area contributed by atoms with Crippen LogP contribution < -0.4 is 5.32 Å². The Morgan fingerprint density at radius 2 is 2.07 bits per heavy atom. The molecule has 0 amide bonds. The van der Waals surface area contributed by atoms with Crippen molar-refractivity contribution in [3.63, 3.8) is 0 Å². The molecule has 1 aliphatic carbocycles. The maximum Gasteiger partial charge on any atom is 0.0250 e. The number of fused-ring (bicyclic) bond motifs is 1. The molecule has 1 saturated carbocycles. The van der Waals surface area contributed by atoms with Gasteiger partial charge in [0.05, 0.1) is 0 Å². The number of hydrogen-bond donors (Lipinski definition) is 1. The summed E-state index contributed by atoms with van der Waals surface area (Å²) < 4.78 is 0. The summed E-state index contributed by atoms with van der Waals surface area (Å²) in [5.74, 6) is 0.815. The Balaban J connectivity index is 1.94. The van der Waals surface area contributed by atoms with E-state index in [2.05, 4.69) is 24.1 Å². The van der Waals surface area contributed by atoms with Crippen LogP contribution in [0.5, 0.6) is 0 Å². The van der Waals surface area contributed by atoms with E-state index in [0.29, 0.717) is 0 Å². The van der Waals surface area contributed by atoms with Crippen LogP contribution in [0.25, 0.3) is 0 Å². The lowest BCUT2D eigenvalue weighted by Gasteiger charge is -2.45. The van der Waals surface area contributed by atoms with E-state index < -0.39 is 0 Å². The zero-order valence-electron chi connectivity index (χ0n) is 9.63. The summed E-state index contributed by atoms with van der Waals surface area (Å²) in [7, 11) is 0. The van der Waals surface area contributed by atoms with Crippen molar-refractivity contribution in [3.05, 3.63) is 0 Å². The van der Waals surface area contributed by atoms with Gasteiger partial charge in [-0.2, -0.15) is 0 Å². The van der Waals surface area contributed by atoms with Crippen molar-refractivity contribution in [2.75, 3.05) is 19.6 Å². The minimum Gasteiger partial charge on any atom is -0.311 e. The molecule has 1 N–H and O–H groups in total. The van der Waals surface area contributed by atoms with Gasteiger partial charge in [-0.15, -0.1) is 0 Å². The molecule has 0 spiro atoms. The van der Waals surface area contributed by atoms with Gasteiger partial charge in [-0.1, -0.05) is 26.7 Å². The van der Waals surface area contributed by atoms with Gasteiger partial charge in [0.1, 0.15) is 0 Å². The molecular weight excluding hydrogens is 172 g/mol. The molecule has 1 aliphatic heterocycles. The predicted molar refractivity (Wildman–Crippen MR) is 60.5 cm³/mol. The van der Waals surface area contributed by atoms with Gasteiger partial charge in [-0.05, 0) is 18.8 Å². The molecule has 0 bridgehead atoms. The normalized spacial score (nSPS) is 34.5. The summed E-state index contributed by atoms with van der Waals surface area (Å²) in [6.45, 7) is 8.43. The highest BCUT2D eigenvalue weighted by molar-refractivity contribution is 4.92. The minimum atomic E-state index is 0.802. The van der Waals surface area contributed by atoms with E-state index in [0.717, 1.165) is 18.0 Å². The number of hydrogen-bond acceptors (Lipinski definition) is 2. The molecule has 2 atom stereocenters. The second-order valence-electron chi connectivity index (χ2n) is 5.30. The molecule has 1 heterocycles. The van der Waals surface area contributed by atoms with Crippen LogP contribution in [-0.4, -0.2) is 36.6 Å². The molecule has 1 saturated heterocycles. The number of nitrogens with one attached hydrogen (secondary N) is 1. The summed E-state index contributed by atoms with van der Waals surface area (Å²) in [6, 6.07) is 1.65.